The van der Waals surface area contributed by atoms with Gasteiger partial charge in [-0.1, -0.05) is 18.2 Å². The Morgan fingerprint density at radius 3 is 2.90 bits per heavy atom. The lowest BCUT2D eigenvalue weighted by molar-refractivity contribution is -0.134. The second-order valence-corrected chi connectivity index (χ2v) is 6.49. The molecule has 0 saturated carbocycles. The first-order valence-corrected chi connectivity index (χ1v) is 8.20. The SMILES string of the molecule is CCOC1CCCN(C(=O)C(C)Sc2ccccc2)C1. The molecule has 2 rings (SSSR count). The van der Waals surface area contributed by atoms with Gasteiger partial charge in [-0.3, -0.25) is 4.79 Å². The van der Waals surface area contributed by atoms with Crippen LogP contribution in [-0.2, 0) is 9.53 Å². The third kappa shape index (κ3) is 4.25. The van der Waals surface area contributed by atoms with Crippen molar-refractivity contribution in [2.75, 3.05) is 19.7 Å². The van der Waals surface area contributed by atoms with E-state index in [0.29, 0.717) is 0 Å². The molecule has 1 heterocycles. The fraction of sp³-hybridized carbons (Fsp3) is 0.562. The Balaban J connectivity index is 1.89. The van der Waals surface area contributed by atoms with Gasteiger partial charge in [-0.25, -0.2) is 0 Å². The van der Waals surface area contributed by atoms with Crippen molar-refractivity contribution < 1.29 is 9.53 Å². The van der Waals surface area contributed by atoms with Crippen molar-refractivity contribution in [1.29, 1.82) is 0 Å². The van der Waals surface area contributed by atoms with Crippen LogP contribution in [0.25, 0.3) is 0 Å². The van der Waals surface area contributed by atoms with Crippen LogP contribution in [0.4, 0.5) is 0 Å². The van der Waals surface area contributed by atoms with Gasteiger partial charge in [0.2, 0.25) is 5.91 Å². The van der Waals surface area contributed by atoms with Gasteiger partial charge >= 0.3 is 0 Å². The molecule has 0 spiro atoms. The summed E-state index contributed by atoms with van der Waals surface area (Å²) in [7, 11) is 0. The molecule has 1 aromatic rings. The van der Waals surface area contributed by atoms with Crippen molar-refractivity contribution in [1.82, 2.24) is 4.90 Å². The van der Waals surface area contributed by atoms with Crippen LogP contribution >= 0.6 is 11.8 Å². The number of piperidine rings is 1. The molecule has 3 nitrogen and oxygen atoms in total. The van der Waals surface area contributed by atoms with Gasteiger partial charge in [0, 0.05) is 24.6 Å². The van der Waals surface area contributed by atoms with Gasteiger partial charge in [0.25, 0.3) is 0 Å². The van der Waals surface area contributed by atoms with Gasteiger partial charge in [0.1, 0.15) is 0 Å². The molecular formula is C16H23NO2S. The Labute approximate surface area is 125 Å². The lowest BCUT2D eigenvalue weighted by Gasteiger charge is -2.34. The van der Waals surface area contributed by atoms with E-state index in [9.17, 15) is 4.79 Å². The van der Waals surface area contributed by atoms with E-state index < -0.39 is 0 Å². The zero-order valence-corrected chi connectivity index (χ0v) is 13.1. The van der Waals surface area contributed by atoms with Gasteiger partial charge < -0.3 is 9.64 Å². The van der Waals surface area contributed by atoms with Crippen molar-refractivity contribution >= 4 is 17.7 Å². The molecular weight excluding hydrogens is 270 g/mol. The van der Waals surface area contributed by atoms with Gasteiger partial charge in [-0.2, -0.15) is 0 Å². The summed E-state index contributed by atoms with van der Waals surface area (Å²) in [6, 6.07) is 10.1. The second-order valence-electron chi connectivity index (χ2n) is 5.08. The van der Waals surface area contributed by atoms with E-state index in [4.69, 9.17) is 4.74 Å². The fourth-order valence-electron chi connectivity index (χ4n) is 2.52. The Bertz CT molecular complexity index is 422. The normalized spacial score (nSPS) is 20.7. The molecule has 0 aromatic heterocycles. The molecule has 1 saturated heterocycles. The summed E-state index contributed by atoms with van der Waals surface area (Å²) in [6.45, 7) is 6.33. The molecule has 20 heavy (non-hydrogen) atoms. The van der Waals surface area contributed by atoms with E-state index in [1.807, 2.05) is 49.1 Å². The number of hydrogen-bond donors (Lipinski definition) is 0. The number of carbonyl (C=O) groups excluding carboxylic acids is 1. The summed E-state index contributed by atoms with van der Waals surface area (Å²) in [5.41, 5.74) is 0. The molecule has 0 N–H and O–H groups in total. The lowest BCUT2D eigenvalue weighted by atomic mass is 10.1. The van der Waals surface area contributed by atoms with Gasteiger partial charge in [0.15, 0.2) is 0 Å². The predicted molar refractivity (Wildman–Crippen MR) is 83.0 cm³/mol. The van der Waals surface area contributed by atoms with Gasteiger partial charge in [-0.05, 0) is 38.8 Å². The highest BCUT2D eigenvalue weighted by Crippen LogP contribution is 2.25. The smallest absolute Gasteiger partial charge is 0.235 e. The molecule has 0 radical (unpaired) electrons. The third-order valence-corrected chi connectivity index (χ3v) is 4.60. The molecule has 0 aliphatic carbocycles. The standard InChI is InChI=1S/C16H23NO2S/c1-3-19-14-8-7-11-17(12-14)16(18)13(2)20-15-9-5-4-6-10-15/h4-6,9-10,13-14H,3,7-8,11-12H2,1-2H3. The molecule has 1 amide bonds. The highest BCUT2D eigenvalue weighted by molar-refractivity contribution is 8.00. The van der Waals surface area contributed by atoms with Crippen molar-refractivity contribution in [2.45, 2.75) is 42.9 Å². The van der Waals surface area contributed by atoms with Crippen LogP contribution < -0.4 is 0 Å². The molecule has 1 aliphatic heterocycles. The monoisotopic (exact) mass is 293 g/mol. The number of ether oxygens (including phenoxy) is 1. The van der Waals surface area contributed by atoms with Crippen LogP contribution in [0.3, 0.4) is 0 Å². The van der Waals surface area contributed by atoms with E-state index >= 15 is 0 Å². The Morgan fingerprint density at radius 2 is 2.20 bits per heavy atom. The summed E-state index contributed by atoms with van der Waals surface area (Å²) in [4.78, 5) is 15.6. The average Bonchev–Trinajstić information content (AvgIpc) is 2.48. The van der Waals surface area contributed by atoms with Crippen LogP contribution in [0.15, 0.2) is 35.2 Å². The highest BCUT2D eigenvalue weighted by atomic mass is 32.2. The first kappa shape index (κ1) is 15.4. The highest BCUT2D eigenvalue weighted by Gasteiger charge is 2.27. The minimum atomic E-state index is -0.0437. The first-order chi connectivity index (χ1) is 9.70. The Morgan fingerprint density at radius 1 is 1.45 bits per heavy atom. The van der Waals surface area contributed by atoms with E-state index in [-0.39, 0.29) is 17.3 Å². The van der Waals surface area contributed by atoms with Crippen LogP contribution in [0, 0.1) is 0 Å². The molecule has 1 aromatic carbocycles. The van der Waals surface area contributed by atoms with E-state index in [2.05, 4.69) is 0 Å². The fourth-order valence-corrected chi connectivity index (χ4v) is 3.49. The van der Waals surface area contributed by atoms with Gasteiger partial charge in [0.05, 0.1) is 11.4 Å². The second kappa shape index (κ2) is 7.70. The molecule has 1 aliphatic rings. The number of rotatable bonds is 5. The molecule has 1 fully saturated rings. The quantitative estimate of drug-likeness (QED) is 0.781. The summed E-state index contributed by atoms with van der Waals surface area (Å²) >= 11 is 1.63. The largest absolute Gasteiger partial charge is 0.377 e. The zero-order chi connectivity index (χ0) is 14.4. The number of likely N-dealkylation sites (tertiary alicyclic amines) is 1. The maximum Gasteiger partial charge on any atom is 0.235 e. The molecule has 110 valence electrons. The molecule has 2 atom stereocenters. The minimum Gasteiger partial charge on any atom is -0.377 e. The number of carbonyl (C=O) groups is 1. The number of nitrogens with zero attached hydrogens (tertiary/aromatic N) is 1. The Hall–Kier alpha value is -1.00. The first-order valence-electron chi connectivity index (χ1n) is 7.32. The van der Waals surface area contributed by atoms with Crippen molar-refractivity contribution in [3.05, 3.63) is 30.3 Å². The number of hydrogen-bond acceptors (Lipinski definition) is 3. The van der Waals surface area contributed by atoms with E-state index in [1.165, 1.54) is 0 Å². The maximum atomic E-state index is 12.5. The van der Waals surface area contributed by atoms with Crippen LogP contribution in [-0.4, -0.2) is 41.9 Å². The van der Waals surface area contributed by atoms with Crippen molar-refractivity contribution in [3.63, 3.8) is 0 Å². The summed E-state index contributed by atoms with van der Waals surface area (Å²) in [5, 5.41) is -0.0437. The average molecular weight is 293 g/mol. The number of benzene rings is 1. The van der Waals surface area contributed by atoms with E-state index in [1.54, 1.807) is 11.8 Å². The van der Waals surface area contributed by atoms with Gasteiger partial charge in [-0.15, -0.1) is 11.8 Å². The summed E-state index contributed by atoms with van der Waals surface area (Å²) in [6.07, 6.45) is 2.32. The minimum absolute atomic E-state index is 0.0437. The van der Waals surface area contributed by atoms with Crippen LogP contribution in [0.2, 0.25) is 0 Å². The number of thioether (sulfide) groups is 1. The zero-order valence-electron chi connectivity index (χ0n) is 12.2. The maximum absolute atomic E-state index is 12.5. The third-order valence-electron chi connectivity index (χ3n) is 3.50. The van der Waals surface area contributed by atoms with Crippen LogP contribution in [0.5, 0.6) is 0 Å². The topological polar surface area (TPSA) is 29.5 Å². The van der Waals surface area contributed by atoms with Crippen molar-refractivity contribution in [3.8, 4) is 0 Å². The summed E-state index contributed by atoms with van der Waals surface area (Å²) in [5.74, 6) is 0.225. The number of amides is 1. The molecule has 4 heteroatoms. The van der Waals surface area contributed by atoms with Crippen molar-refractivity contribution in [2.24, 2.45) is 0 Å². The van der Waals surface area contributed by atoms with Crippen LogP contribution in [0.1, 0.15) is 26.7 Å². The predicted octanol–water partition coefficient (Wildman–Crippen LogP) is 3.19. The molecule has 0 bridgehead atoms. The molecule has 2 unspecified atom stereocenters. The lowest BCUT2D eigenvalue weighted by Crippen LogP contribution is -2.46. The summed E-state index contributed by atoms with van der Waals surface area (Å²) < 4.78 is 5.66. The van der Waals surface area contributed by atoms with E-state index in [0.717, 1.165) is 37.4 Å². The Kier molecular flexibility index (Phi) is 5.92.